The molecule has 0 bridgehead atoms. The predicted molar refractivity (Wildman–Crippen MR) is 120 cm³/mol. The Hall–Kier alpha value is -2.31. The van der Waals surface area contributed by atoms with E-state index in [4.69, 9.17) is 15.5 Å². The summed E-state index contributed by atoms with van der Waals surface area (Å²) in [7, 11) is 3.72. The van der Waals surface area contributed by atoms with Crippen LogP contribution in [0, 0.1) is 0 Å². The standard InChI is InChI=1S/C21H23BBrN3O/c1-14-12-17(7-5-15-13-16(23)6-8-20(15)27-2)25-21(14)18(9-10-24)19-4-3-11-26(19)22/h3-8,11-13H,9-10,22,24H2,1-2H3/b7-5+,21-18-. The number of allylic oxidation sites excluding steroid dienone is 3. The highest BCUT2D eigenvalue weighted by Crippen LogP contribution is 2.31. The van der Waals surface area contributed by atoms with Crippen molar-refractivity contribution in [2.75, 3.05) is 13.7 Å². The zero-order valence-corrected chi connectivity index (χ0v) is 17.5. The minimum absolute atomic E-state index is 0.591. The van der Waals surface area contributed by atoms with E-state index in [1.165, 1.54) is 5.57 Å². The van der Waals surface area contributed by atoms with Crippen LogP contribution in [0.1, 0.15) is 24.6 Å². The van der Waals surface area contributed by atoms with Gasteiger partial charge in [0.15, 0.2) is 0 Å². The fraction of sp³-hybridized carbons (Fsp3) is 0.190. The molecule has 0 fully saturated rings. The normalized spacial score (nSPS) is 15.9. The van der Waals surface area contributed by atoms with Crippen LogP contribution in [0.2, 0.25) is 0 Å². The van der Waals surface area contributed by atoms with Crippen molar-refractivity contribution in [1.29, 1.82) is 0 Å². The Kier molecular flexibility index (Phi) is 6.19. The number of aromatic nitrogens is 1. The lowest BCUT2D eigenvalue weighted by molar-refractivity contribution is 0.414. The van der Waals surface area contributed by atoms with Gasteiger partial charge in [0.25, 0.3) is 0 Å². The third kappa shape index (κ3) is 4.34. The van der Waals surface area contributed by atoms with Gasteiger partial charge in [-0.3, -0.25) is 0 Å². The molecule has 0 spiro atoms. The zero-order valence-electron chi connectivity index (χ0n) is 15.9. The summed E-state index contributed by atoms with van der Waals surface area (Å²) in [6.07, 6.45) is 8.99. The van der Waals surface area contributed by atoms with Crippen LogP contribution in [0.25, 0.3) is 11.6 Å². The topological polar surface area (TPSA) is 52.5 Å². The second-order valence-electron chi connectivity index (χ2n) is 6.45. The van der Waals surface area contributed by atoms with Crippen LogP contribution >= 0.6 is 15.9 Å². The lowest BCUT2D eigenvalue weighted by atomic mass is 10.0. The molecular weight excluding hydrogens is 401 g/mol. The number of methoxy groups -OCH3 is 1. The lowest BCUT2D eigenvalue weighted by Crippen LogP contribution is -2.05. The first-order valence-electron chi connectivity index (χ1n) is 8.87. The molecule has 0 unspecified atom stereocenters. The average molecular weight is 424 g/mol. The molecule has 1 aliphatic heterocycles. The number of benzene rings is 1. The Morgan fingerprint density at radius 1 is 1.33 bits per heavy atom. The van der Waals surface area contributed by atoms with Crippen molar-refractivity contribution in [2.45, 2.75) is 13.3 Å². The van der Waals surface area contributed by atoms with Crippen molar-refractivity contribution in [3.8, 4) is 5.75 Å². The first-order chi connectivity index (χ1) is 13.0. The number of rotatable bonds is 6. The summed E-state index contributed by atoms with van der Waals surface area (Å²) in [6, 6.07) is 10.1. The molecule has 138 valence electrons. The van der Waals surface area contributed by atoms with E-state index in [1.54, 1.807) is 7.11 Å². The van der Waals surface area contributed by atoms with Crippen molar-refractivity contribution in [3.63, 3.8) is 0 Å². The van der Waals surface area contributed by atoms with E-state index in [2.05, 4.69) is 39.5 Å². The maximum absolute atomic E-state index is 5.87. The average Bonchev–Trinajstić information content (AvgIpc) is 3.23. The summed E-state index contributed by atoms with van der Waals surface area (Å²) in [6.45, 7) is 2.69. The highest BCUT2D eigenvalue weighted by Gasteiger charge is 2.17. The Bertz CT molecular complexity index is 970. The summed E-state index contributed by atoms with van der Waals surface area (Å²) >= 11 is 3.51. The smallest absolute Gasteiger partial charge is 0.223 e. The molecule has 6 heteroatoms. The van der Waals surface area contributed by atoms with Gasteiger partial charge in [-0.1, -0.05) is 15.9 Å². The fourth-order valence-corrected chi connectivity index (χ4v) is 3.61. The Balaban J connectivity index is 1.97. The van der Waals surface area contributed by atoms with Gasteiger partial charge in [-0.15, -0.1) is 0 Å². The van der Waals surface area contributed by atoms with E-state index in [9.17, 15) is 0 Å². The third-order valence-corrected chi connectivity index (χ3v) is 5.03. The summed E-state index contributed by atoms with van der Waals surface area (Å²) in [5.74, 6) is 0.831. The van der Waals surface area contributed by atoms with Gasteiger partial charge in [0.05, 0.1) is 18.5 Å². The first-order valence-corrected chi connectivity index (χ1v) is 9.66. The second-order valence-corrected chi connectivity index (χ2v) is 7.37. The predicted octanol–water partition coefficient (Wildman–Crippen LogP) is 3.83. The summed E-state index contributed by atoms with van der Waals surface area (Å²) in [4.78, 5) is 4.87. The van der Waals surface area contributed by atoms with Gasteiger partial charge < -0.3 is 14.9 Å². The van der Waals surface area contributed by atoms with Crippen LogP contribution in [0.5, 0.6) is 5.75 Å². The van der Waals surface area contributed by atoms with Gasteiger partial charge in [-0.05, 0) is 80.2 Å². The van der Waals surface area contributed by atoms with E-state index in [1.807, 2.05) is 50.6 Å². The minimum Gasteiger partial charge on any atom is -0.496 e. The van der Waals surface area contributed by atoms with E-state index in [-0.39, 0.29) is 0 Å². The lowest BCUT2D eigenvalue weighted by Gasteiger charge is -2.11. The van der Waals surface area contributed by atoms with Crippen LogP contribution in [0.4, 0.5) is 0 Å². The Morgan fingerprint density at radius 3 is 2.81 bits per heavy atom. The molecule has 0 radical (unpaired) electrons. The molecule has 2 aromatic rings. The molecule has 0 saturated heterocycles. The Morgan fingerprint density at radius 2 is 2.15 bits per heavy atom. The van der Waals surface area contributed by atoms with Crippen LogP contribution < -0.4 is 10.5 Å². The van der Waals surface area contributed by atoms with Crippen molar-refractivity contribution >= 4 is 41.3 Å². The van der Waals surface area contributed by atoms with Gasteiger partial charge in [0.1, 0.15) is 5.75 Å². The van der Waals surface area contributed by atoms with Gasteiger partial charge in [-0.2, -0.15) is 0 Å². The van der Waals surface area contributed by atoms with Crippen molar-refractivity contribution in [2.24, 2.45) is 10.7 Å². The van der Waals surface area contributed by atoms with Crippen LogP contribution in [-0.2, 0) is 0 Å². The van der Waals surface area contributed by atoms with Crippen LogP contribution in [0.15, 0.2) is 69.4 Å². The molecule has 0 saturated carbocycles. The minimum atomic E-state index is 0.591. The number of hydrogen-bond acceptors (Lipinski definition) is 3. The van der Waals surface area contributed by atoms with Crippen molar-refractivity contribution in [3.05, 3.63) is 75.7 Å². The number of halogens is 1. The molecule has 2 N–H and O–H groups in total. The summed E-state index contributed by atoms with van der Waals surface area (Å²) < 4.78 is 8.56. The largest absolute Gasteiger partial charge is 0.496 e. The van der Waals surface area contributed by atoms with Crippen molar-refractivity contribution < 1.29 is 4.74 Å². The third-order valence-electron chi connectivity index (χ3n) is 4.54. The van der Waals surface area contributed by atoms with E-state index in [0.717, 1.165) is 44.9 Å². The molecule has 0 amide bonds. The van der Waals surface area contributed by atoms with Crippen LogP contribution in [-0.4, -0.2) is 31.8 Å². The highest BCUT2D eigenvalue weighted by atomic mass is 79.9. The molecule has 0 atom stereocenters. The number of nitrogens with zero attached hydrogens (tertiary/aromatic N) is 2. The molecule has 1 aromatic heterocycles. The second kappa shape index (κ2) is 8.59. The summed E-state index contributed by atoms with van der Waals surface area (Å²) in [5.41, 5.74) is 12.3. The monoisotopic (exact) mass is 423 g/mol. The number of aliphatic imine (C=N–C) groups is 1. The van der Waals surface area contributed by atoms with Crippen LogP contribution in [0.3, 0.4) is 0 Å². The molecule has 1 aliphatic rings. The molecule has 2 heterocycles. The maximum atomic E-state index is 5.87. The fourth-order valence-electron chi connectivity index (χ4n) is 3.23. The van der Waals surface area contributed by atoms with Crippen molar-refractivity contribution in [1.82, 2.24) is 4.48 Å². The maximum Gasteiger partial charge on any atom is 0.223 e. The SMILES string of the molecule is Bn1cccc1/C(CCN)=C1N=C(/C=C/c2cc(Br)ccc2OC)C=C\1C. The van der Waals surface area contributed by atoms with E-state index < -0.39 is 0 Å². The molecule has 0 aliphatic carbocycles. The van der Waals surface area contributed by atoms with E-state index >= 15 is 0 Å². The molecule has 27 heavy (non-hydrogen) atoms. The van der Waals surface area contributed by atoms with E-state index in [0.29, 0.717) is 6.54 Å². The Labute approximate surface area is 169 Å². The van der Waals surface area contributed by atoms with Gasteiger partial charge >= 0.3 is 0 Å². The molecule has 1 aromatic carbocycles. The summed E-state index contributed by atoms with van der Waals surface area (Å²) in [5, 5.41) is 0. The molecular formula is C21H23BBrN3O. The molecule has 3 rings (SSSR count). The van der Waals surface area contributed by atoms with Gasteiger partial charge in [0.2, 0.25) is 7.98 Å². The quantitative estimate of drug-likeness (QED) is 0.717. The first kappa shape index (κ1) is 19.5. The van der Waals surface area contributed by atoms with Gasteiger partial charge in [-0.25, -0.2) is 4.99 Å². The number of hydrogen-bond donors (Lipinski definition) is 1. The molecule has 4 nitrogen and oxygen atoms in total. The number of nitrogens with two attached hydrogens (primary N) is 1. The highest BCUT2D eigenvalue weighted by molar-refractivity contribution is 9.10. The zero-order chi connectivity index (χ0) is 19.4. The van der Waals surface area contributed by atoms with Gasteiger partial charge in [0, 0.05) is 21.3 Å². The number of ether oxygens (including phenoxy) is 1.